The van der Waals surface area contributed by atoms with Gasteiger partial charge in [-0.3, -0.25) is 0 Å². The van der Waals surface area contributed by atoms with Crippen LogP contribution in [0.5, 0.6) is 0 Å². The zero-order valence-corrected chi connectivity index (χ0v) is 13.2. The van der Waals surface area contributed by atoms with E-state index in [1.54, 1.807) is 12.1 Å². The standard InChI is InChI=1S/C20H16FNO2/c1-11-6-8-14(16(21)10-11)17-15-9-7-12-4-2-3-5-13(12)18(15)22-19(17)20(23)24/h2-6,8,10,22H,7,9H2,1H3,(H,23,24). The van der Waals surface area contributed by atoms with Gasteiger partial charge >= 0.3 is 5.97 Å². The van der Waals surface area contributed by atoms with Crippen LogP contribution in [0.15, 0.2) is 42.5 Å². The van der Waals surface area contributed by atoms with E-state index in [1.807, 2.05) is 31.2 Å². The molecule has 1 heterocycles. The number of aromatic nitrogens is 1. The highest BCUT2D eigenvalue weighted by molar-refractivity contribution is 5.99. The number of hydrogen-bond donors (Lipinski definition) is 2. The Bertz CT molecular complexity index is 972. The molecule has 2 aromatic carbocycles. The molecular weight excluding hydrogens is 305 g/mol. The number of nitrogens with one attached hydrogen (secondary N) is 1. The molecule has 0 saturated heterocycles. The van der Waals surface area contributed by atoms with Crippen LogP contribution in [0.2, 0.25) is 0 Å². The molecule has 4 heteroatoms. The Kier molecular flexibility index (Phi) is 3.27. The summed E-state index contributed by atoms with van der Waals surface area (Å²) in [6.45, 7) is 1.81. The average molecular weight is 321 g/mol. The van der Waals surface area contributed by atoms with Gasteiger partial charge in [-0.1, -0.05) is 36.4 Å². The molecule has 0 unspecified atom stereocenters. The van der Waals surface area contributed by atoms with E-state index in [2.05, 4.69) is 4.98 Å². The number of carbonyl (C=O) groups is 1. The van der Waals surface area contributed by atoms with Crippen molar-refractivity contribution >= 4 is 5.97 Å². The van der Waals surface area contributed by atoms with Crippen molar-refractivity contribution in [1.29, 1.82) is 0 Å². The number of carboxylic acid groups (broad SMARTS) is 1. The lowest BCUT2D eigenvalue weighted by molar-refractivity contribution is 0.0692. The summed E-state index contributed by atoms with van der Waals surface area (Å²) in [7, 11) is 0. The van der Waals surface area contributed by atoms with Gasteiger partial charge in [0.2, 0.25) is 0 Å². The van der Waals surface area contributed by atoms with Gasteiger partial charge in [0.15, 0.2) is 0 Å². The molecule has 24 heavy (non-hydrogen) atoms. The zero-order chi connectivity index (χ0) is 16.8. The van der Waals surface area contributed by atoms with Crippen molar-refractivity contribution in [3.63, 3.8) is 0 Å². The van der Waals surface area contributed by atoms with E-state index in [-0.39, 0.29) is 5.69 Å². The van der Waals surface area contributed by atoms with Crippen LogP contribution in [-0.2, 0) is 12.8 Å². The first-order valence-electron chi connectivity index (χ1n) is 7.89. The zero-order valence-electron chi connectivity index (χ0n) is 13.2. The number of fused-ring (bicyclic) bond motifs is 3. The second-order valence-electron chi connectivity index (χ2n) is 6.17. The Morgan fingerprint density at radius 1 is 1.12 bits per heavy atom. The van der Waals surface area contributed by atoms with Crippen molar-refractivity contribution in [2.45, 2.75) is 19.8 Å². The van der Waals surface area contributed by atoms with Crippen molar-refractivity contribution in [1.82, 2.24) is 4.98 Å². The molecule has 3 aromatic rings. The number of hydrogen-bond acceptors (Lipinski definition) is 1. The van der Waals surface area contributed by atoms with Crippen LogP contribution < -0.4 is 0 Å². The molecule has 1 aliphatic rings. The van der Waals surface area contributed by atoms with Crippen LogP contribution in [0.1, 0.15) is 27.2 Å². The lowest BCUT2D eigenvalue weighted by atomic mass is 9.86. The summed E-state index contributed by atoms with van der Waals surface area (Å²) in [5, 5.41) is 9.62. The first kappa shape index (κ1) is 14.7. The number of aromatic amines is 1. The maximum absolute atomic E-state index is 14.5. The van der Waals surface area contributed by atoms with Gasteiger partial charge < -0.3 is 10.1 Å². The second kappa shape index (κ2) is 5.34. The molecule has 0 spiro atoms. The van der Waals surface area contributed by atoms with Gasteiger partial charge in [0.1, 0.15) is 11.5 Å². The predicted molar refractivity (Wildman–Crippen MR) is 90.7 cm³/mol. The molecule has 120 valence electrons. The minimum absolute atomic E-state index is 0.0551. The van der Waals surface area contributed by atoms with Crippen LogP contribution in [0, 0.1) is 12.7 Å². The normalized spacial score (nSPS) is 12.6. The summed E-state index contributed by atoms with van der Waals surface area (Å²) in [5.74, 6) is -1.46. The molecule has 0 radical (unpaired) electrons. The first-order valence-corrected chi connectivity index (χ1v) is 7.89. The fourth-order valence-corrected chi connectivity index (χ4v) is 3.54. The van der Waals surface area contributed by atoms with Gasteiger partial charge in [-0.25, -0.2) is 9.18 Å². The van der Waals surface area contributed by atoms with Gasteiger partial charge in [0, 0.05) is 16.7 Å². The number of benzene rings is 2. The number of halogens is 1. The maximum Gasteiger partial charge on any atom is 0.352 e. The van der Waals surface area contributed by atoms with Crippen molar-refractivity contribution in [3.8, 4) is 22.4 Å². The lowest BCUT2D eigenvalue weighted by Crippen LogP contribution is -2.03. The van der Waals surface area contributed by atoms with Gasteiger partial charge in [-0.05, 0) is 42.5 Å². The monoisotopic (exact) mass is 321 g/mol. The Hall–Kier alpha value is -2.88. The Labute approximate surface area is 138 Å². The van der Waals surface area contributed by atoms with Crippen molar-refractivity contribution in [2.24, 2.45) is 0 Å². The van der Waals surface area contributed by atoms with Crippen LogP contribution in [-0.4, -0.2) is 16.1 Å². The maximum atomic E-state index is 14.5. The van der Waals surface area contributed by atoms with Crippen molar-refractivity contribution in [3.05, 3.63) is 70.7 Å². The molecule has 0 atom stereocenters. The summed E-state index contributed by atoms with van der Waals surface area (Å²) in [6.07, 6.45) is 1.51. The molecule has 0 amide bonds. The topological polar surface area (TPSA) is 53.1 Å². The average Bonchev–Trinajstić information content (AvgIpc) is 2.95. The van der Waals surface area contributed by atoms with Gasteiger partial charge in [0.05, 0.1) is 5.69 Å². The molecule has 0 fully saturated rings. The Morgan fingerprint density at radius 2 is 1.92 bits per heavy atom. The highest BCUT2D eigenvalue weighted by Gasteiger charge is 2.28. The third-order valence-electron chi connectivity index (χ3n) is 4.64. The van der Waals surface area contributed by atoms with Crippen LogP contribution in [0.4, 0.5) is 4.39 Å². The molecular formula is C20H16FNO2. The second-order valence-corrected chi connectivity index (χ2v) is 6.17. The molecule has 1 aliphatic carbocycles. The van der Waals surface area contributed by atoms with E-state index in [1.165, 1.54) is 11.6 Å². The third-order valence-corrected chi connectivity index (χ3v) is 4.64. The quantitative estimate of drug-likeness (QED) is 0.725. The summed E-state index contributed by atoms with van der Waals surface area (Å²) in [5.41, 5.74) is 5.54. The van der Waals surface area contributed by atoms with Gasteiger partial charge in [0.25, 0.3) is 0 Å². The van der Waals surface area contributed by atoms with Crippen molar-refractivity contribution < 1.29 is 14.3 Å². The smallest absolute Gasteiger partial charge is 0.352 e. The van der Waals surface area contributed by atoms with E-state index < -0.39 is 11.8 Å². The summed E-state index contributed by atoms with van der Waals surface area (Å²) in [6, 6.07) is 12.8. The third kappa shape index (κ3) is 2.14. The highest BCUT2D eigenvalue weighted by atomic mass is 19.1. The van der Waals surface area contributed by atoms with Crippen LogP contribution in [0.25, 0.3) is 22.4 Å². The number of rotatable bonds is 2. The summed E-state index contributed by atoms with van der Waals surface area (Å²) in [4.78, 5) is 14.8. The van der Waals surface area contributed by atoms with E-state index >= 15 is 0 Å². The fourth-order valence-electron chi connectivity index (χ4n) is 3.54. The molecule has 0 aliphatic heterocycles. The van der Waals surface area contributed by atoms with Crippen molar-refractivity contribution in [2.75, 3.05) is 0 Å². The summed E-state index contributed by atoms with van der Waals surface area (Å²) < 4.78 is 14.5. The Balaban J connectivity index is 2.02. The molecule has 2 N–H and O–H groups in total. The number of aryl methyl sites for hydroxylation is 2. The van der Waals surface area contributed by atoms with Crippen LogP contribution in [0.3, 0.4) is 0 Å². The first-order chi connectivity index (χ1) is 11.6. The Morgan fingerprint density at radius 3 is 2.67 bits per heavy atom. The minimum atomic E-state index is -1.07. The van der Waals surface area contributed by atoms with Gasteiger partial charge in [-0.15, -0.1) is 0 Å². The van der Waals surface area contributed by atoms with E-state index in [0.29, 0.717) is 17.5 Å². The highest BCUT2D eigenvalue weighted by Crippen LogP contribution is 2.41. The molecule has 0 saturated carbocycles. The lowest BCUT2D eigenvalue weighted by Gasteiger charge is -2.17. The van der Waals surface area contributed by atoms with E-state index in [9.17, 15) is 14.3 Å². The molecule has 1 aromatic heterocycles. The number of carboxylic acids is 1. The van der Waals surface area contributed by atoms with E-state index in [0.717, 1.165) is 28.8 Å². The number of aromatic carboxylic acids is 1. The molecule has 0 bridgehead atoms. The fraction of sp³-hybridized carbons (Fsp3) is 0.150. The molecule has 4 rings (SSSR count). The number of H-pyrrole nitrogens is 1. The van der Waals surface area contributed by atoms with Crippen LogP contribution >= 0.6 is 0 Å². The predicted octanol–water partition coefficient (Wildman–Crippen LogP) is 4.59. The molecule has 3 nitrogen and oxygen atoms in total. The largest absolute Gasteiger partial charge is 0.477 e. The summed E-state index contributed by atoms with van der Waals surface area (Å²) >= 11 is 0. The van der Waals surface area contributed by atoms with Gasteiger partial charge in [-0.2, -0.15) is 0 Å². The SMILES string of the molecule is Cc1ccc(-c2c(C(=O)O)[nH]c3c2CCc2ccccc2-3)c(F)c1. The van der Waals surface area contributed by atoms with E-state index in [4.69, 9.17) is 0 Å². The minimum Gasteiger partial charge on any atom is -0.477 e.